The van der Waals surface area contributed by atoms with E-state index in [1.54, 1.807) is 11.9 Å². The van der Waals surface area contributed by atoms with Gasteiger partial charge in [-0.25, -0.2) is 4.79 Å². The second kappa shape index (κ2) is 8.64. The molecule has 3 heterocycles. The molecule has 0 bridgehead atoms. The van der Waals surface area contributed by atoms with Gasteiger partial charge in [0.05, 0.1) is 6.10 Å². The van der Waals surface area contributed by atoms with Gasteiger partial charge in [-0.15, -0.1) is 0 Å². The number of likely N-dealkylation sites (N-methyl/N-ethyl adjacent to an activating group) is 1. The van der Waals surface area contributed by atoms with Crippen LogP contribution in [0.4, 0.5) is 10.5 Å². The van der Waals surface area contributed by atoms with Gasteiger partial charge in [-0.1, -0.05) is 13.8 Å². The Morgan fingerprint density at radius 3 is 2.80 bits per heavy atom. The lowest BCUT2D eigenvalue weighted by molar-refractivity contribution is 0.00110. The van der Waals surface area contributed by atoms with Crippen LogP contribution in [0.3, 0.4) is 0 Å². The summed E-state index contributed by atoms with van der Waals surface area (Å²) in [6.45, 7) is 7.56. The number of carbonyl (C=O) groups is 1. The van der Waals surface area contributed by atoms with Crippen LogP contribution in [0, 0.1) is 0 Å². The number of anilines is 1. The number of amides is 1. The van der Waals surface area contributed by atoms with Gasteiger partial charge in [0.15, 0.2) is 0 Å². The molecule has 0 radical (unpaired) electrons. The SMILES string of the molecule is CN(CC1CCCCO1)C(=O)Oc1ccc2c(c1)C(C)(C)CN2Cc1ccncc1. The van der Waals surface area contributed by atoms with E-state index in [0.29, 0.717) is 12.3 Å². The van der Waals surface area contributed by atoms with Crippen molar-refractivity contribution < 1.29 is 14.3 Å². The molecular weight excluding hydrogens is 378 g/mol. The highest BCUT2D eigenvalue weighted by atomic mass is 16.6. The number of benzene rings is 1. The van der Waals surface area contributed by atoms with Crippen LogP contribution >= 0.6 is 0 Å². The first-order chi connectivity index (χ1) is 14.4. The first kappa shape index (κ1) is 20.7. The molecule has 2 aromatic rings. The molecule has 1 amide bonds. The highest BCUT2D eigenvalue weighted by molar-refractivity contribution is 5.72. The summed E-state index contributed by atoms with van der Waals surface area (Å²) in [7, 11) is 1.77. The number of fused-ring (bicyclic) bond motifs is 1. The Morgan fingerprint density at radius 1 is 1.27 bits per heavy atom. The molecule has 1 aromatic carbocycles. The molecule has 6 nitrogen and oxygen atoms in total. The fourth-order valence-corrected chi connectivity index (χ4v) is 4.40. The van der Waals surface area contributed by atoms with Crippen LogP contribution in [0.1, 0.15) is 44.2 Å². The van der Waals surface area contributed by atoms with E-state index < -0.39 is 0 Å². The minimum Gasteiger partial charge on any atom is -0.410 e. The Hall–Kier alpha value is -2.60. The van der Waals surface area contributed by atoms with Gasteiger partial charge in [-0.3, -0.25) is 4.98 Å². The number of nitrogens with zero attached hydrogens (tertiary/aromatic N) is 3. The van der Waals surface area contributed by atoms with Crippen molar-refractivity contribution in [3.63, 3.8) is 0 Å². The van der Waals surface area contributed by atoms with Gasteiger partial charge < -0.3 is 19.3 Å². The van der Waals surface area contributed by atoms with Gasteiger partial charge in [0, 0.05) is 56.8 Å². The lowest BCUT2D eigenvalue weighted by Gasteiger charge is -2.27. The number of carbonyl (C=O) groups excluding carboxylic acids is 1. The summed E-state index contributed by atoms with van der Waals surface area (Å²) in [5, 5.41) is 0. The van der Waals surface area contributed by atoms with Crippen LogP contribution in [0.15, 0.2) is 42.7 Å². The number of hydrogen-bond acceptors (Lipinski definition) is 5. The van der Waals surface area contributed by atoms with Crippen LogP contribution in [-0.2, 0) is 16.7 Å². The second-order valence-electron chi connectivity index (χ2n) is 9.01. The summed E-state index contributed by atoms with van der Waals surface area (Å²) in [5.41, 5.74) is 3.61. The van der Waals surface area contributed by atoms with Crippen molar-refractivity contribution in [1.82, 2.24) is 9.88 Å². The van der Waals surface area contributed by atoms with Crippen LogP contribution in [0.5, 0.6) is 5.75 Å². The normalized spacial score (nSPS) is 20.0. The van der Waals surface area contributed by atoms with Crippen molar-refractivity contribution in [2.24, 2.45) is 0 Å². The molecule has 1 atom stereocenters. The standard InChI is InChI=1S/C24H31N3O3/c1-24(2)17-27(15-18-9-11-25-12-10-18)22-8-7-19(14-21(22)24)30-23(28)26(3)16-20-6-4-5-13-29-20/h7-12,14,20H,4-6,13,15-17H2,1-3H3. The van der Waals surface area contributed by atoms with E-state index >= 15 is 0 Å². The Morgan fingerprint density at radius 2 is 2.07 bits per heavy atom. The average molecular weight is 410 g/mol. The third-order valence-corrected chi connectivity index (χ3v) is 6.02. The first-order valence-electron chi connectivity index (χ1n) is 10.8. The zero-order valence-corrected chi connectivity index (χ0v) is 18.1. The molecule has 1 fully saturated rings. The maximum atomic E-state index is 12.6. The highest BCUT2D eigenvalue weighted by Gasteiger charge is 2.35. The number of ether oxygens (including phenoxy) is 2. The smallest absolute Gasteiger partial charge is 0.410 e. The third-order valence-electron chi connectivity index (χ3n) is 6.02. The molecule has 4 rings (SSSR count). The second-order valence-corrected chi connectivity index (χ2v) is 9.01. The van der Waals surface area contributed by atoms with Crippen molar-refractivity contribution in [2.75, 3.05) is 31.6 Å². The van der Waals surface area contributed by atoms with Crippen LogP contribution in [-0.4, -0.2) is 48.8 Å². The van der Waals surface area contributed by atoms with Crippen molar-refractivity contribution in [3.05, 3.63) is 53.9 Å². The Balaban J connectivity index is 1.44. The molecule has 0 N–H and O–H groups in total. The predicted octanol–water partition coefficient (Wildman–Crippen LogP) is 4.38. The molecule has 1 aromatic heterocycles. The lowest BCUT2D eigenvalue weighted by atomic mass is 9.87. The maximum Gasteiger partial charge on any atom is 0.415 e. The molecule has 30 heavy (non-hydrogen) atoms. The molecule has 2 aliphatic rings. The summed E-state index contributed by atoms with van der Waals surface area (Å²) in [6, 6.07) is 10.1. The quantitative estimate of drug-likeness (QED) is 0.734. The van der Waals surface area contributed by atoms with E-state index in [0.717, 1.165) is 39.0 Å². The van der Waals surface area contributed by atoms with Crippen molar-refractivity contribution in [2.45, 2.75) is 51.2 Å². The summed E-state index contributed by atoms with van der Waals surface area (Å²) < 4.78 is 11.4. The van der Waals surface area contributed by atoms with Gasteiger partial charge >= 0.3 is 6.09 Å². The average Bonchev–Trinajstić information content (AvgIpc) is 2.99. The molecule has 6 heteroatoms. The molecule has 160 valence electrons. The summed E-state index contributed by atoms with van der Waals surface area (Å²) >= 11 is 0. The highest BCUT2D eigenvalue weighted by Crippen LogP contribution is 2.42. The molecule has 0 aliphatic carbocycles. The van der Waals surface area contributed by atoms with Crippen LogP contribution in [0.25, 0.3) is 0 Å². The van der Waals surface area contributed by atoms with E-state index in [4.69, 9.17) is 9.47 Å². The molecule has 1 saturated heterocycles. The minimum atomic E-state index is -0.339. The fourth-order valence-electron chi connectivity index (χ4n) is 4.40. The van der Waals surface area contributed by atoms with Crippen molar-refractivity contribution >= 4 is 11.8 Å². The van der Waals surface area contributed by atoms with Gasteiger partial charge in [0.1, 0.15) is 5.75 Å². The number of rotatable bonds is 5. The lowest BCUT2D eigenvalue weighted by Crippen LogP contribution is -2.38. The first-order valence-corrected chi connectivity index (χ1v) is 10.8. The number of hydrogen-bond donors (Lipinski definition) is 0. The molecule has 0 saturated carbocycles. The molecule has 2 aliphatic heterocycles. The van der Waals surface area contributed by atoms with Crippen LogP contribution < -0.4 is 9.64 Å². The minimum absolute atomic E-state index is 0.0212. The van der Waals surface area contributed by atoms with Gasteiger partial charge in [-0.2, -0.15) is 0 Å². The van der Waals surface area contributed by atoms with Gasteiger partial charge in [-0.05, 0) is 60.7 Å². The third kappa shape index (κ3) is 4.59. The van der Waals surface area contributed by atoms with Crippen molar-refractivity contribution in [3.8, 4) is 5.75 Å². The molecule has 0 spiro atoms. The van der Waals surface area contributed by atoms with E-state index in [1.165, 1.54) is 16.8 Å². The maximum absolute atomic E-state index is 12.6. The molecule has 1 unspecified atom stereocenters. The zero-order valence-electron chi connectivity index (χ0n) is 18.1. The van der Waals surface area contributed by atoms with Crippen LogP contribution in [0.2, 0.25) is 0 Å². The largest absolute Gasteiger partial charge is 0.415 e. The van der Waals surface area contributed by atoms with E-state index in [2.05, 4.69) is 29.8 Å². The monoisotopic (exact) mass is 409 g/mol. The van der Waals surface area contributed by atoms with Crippen molar-refractivity contribution in [1.29, 1.82) is 0 Å². The Kier molecular flexibility index (Phi) is 5.95. The summed E-state index contributed by atoms with van der Waals surface area (Å²) in [5.74, 6) is 0.592. The zero-order chi connectivity index (χ0) is 21.1. The van der Waals surface area contributed by atoms with E-state index in [9.17, 15) is 4.79 Å². The Bertz CT molecular complexity index is 879. The predicted molar refractivity (Wildman–Crippen MR) is 117 cm³/mol. The number of aromatic nitrogens is 1. The van der Waals surface area contributed by atoms with E-state index in [1.807, 2.05) is 36.7 Å². The van der Waals surface area contributed by atoms with Gasteiger partial charge in [0.2, 0.25) is 0 Å². The Labute approximate surface area is 178 Å². The summed E-state index contributed by atoms with van der Waals surface area (Å²) in [4.78, 5) is 20.7. The topological polar surface area (TPSA) is 54.9 Å². The molecular formula is C24H31N3O3. The summed E-state index contributed by atoms with van der Waals surface area (Å²) in [6.07, 6.45) is 6.68. The van der Waals surface area contributed by atoms with E-state index in [-0.39, 0.29) is 17.6 Å². The van der Waals surface area contributed by atoms with Gasteiger partial charge in [0.25, 0.3) is 0 Å². The number of pyridine rings is 1. The fraction of sp³-hybridized carbons (Fsp3) is 0.500.